The lowest BCUT2D eigenvalue weighted by Crippen LogP contribution is -2.28. The van der Waals surface area contributed by atoms with Crippen molar-refractivity contribution in [3.05, 3.63) is 76.7 Å². The van der Waals surface area contributed by atoms with Crippen LogP contribution in [-0.2, 0) is 11.3 Å². The van der Waals surface area contributed by atoms with Gasteiger partial charge in [-0.25, -0.2) is 0 Å². The van der Waals surface area contributed by atoms with E-state index >= 15 is 0 Å². The minimum atomic E-state index is -0.461. The van der Waals surface area contributed by atoms with E-state index in [0.717, 1.165) is 0 Å². The number of pyridine rings is 1. The monoisotopic (exact) mass is 474 g/mol. The predicted octanol–water partition coefficient (Wildman–Crippen LogP) is 3.42. The minimum absolute atomic E-state index is 0.0226. The van der Waals surface area contributed by atoms with Crippen molar-refractivity contribution in [3.63, 3.8) is 0 Å². The van der Waals surface area contributed by atoms with Crippen LogP contribution in [0.15, 0.2) is 70.1 Å². The molecule has 10 nitrogen and oxygen atoms in total. The number of methoxy groups -OCH3 is 2. The van der Waals surface area contributed by atoms with E-state index in [9.17, 15) is 14.4 Å². The van der Waals surface area contributed by atoms with Crippen molar-refractivity contribution < 1.29 is 23.6 Å². The zero-order chi connectivity index (χ0) is 24.9. The lowest BCUT2D eigenvalue weighted by molar-refractivity contribution is -0.116. The van der Waals surface area contributed by atoms with Crippen LogP contribution < -0.4 is 20.3 Å². The smallest absolute Gasteiger partial charge is 0.263 e. The van der Waals surface area contributed by atoms with E-state index in [2.05, 4.69) is 15.5 Å². The van der Waals surface area contributed by atoms with Crippen molar-refractivity contribution >= 4 is 17.4 Å². The highest BCUT2D eigenvalue weighted by Crippen LogP contribution is 2.31. The molecule has 2 heterocycles. The van der Waals surface area contributed by atoms with Crippen LogP contribution >= 0.6 is 0 Å². The van der Waals surface area contributed by atoms with Gasteiger partial charge in [-0.05, 0) is 61.5 Å². The lowest BCUT2D eigenvalue weighted by Gasteiger charge is -2.08. The van der Waals surface area contributed by atoms with Crippen LogP contribution in [0.5, 0.6) is 11.5 Å². The van der Waals surface area contributed by atoms with E-state index in [1.54, 1.807) is 54.6 Å². The largest absolute Gasteiger partial charge is 0.493 e. The molecule has 0 fully saturated rings. The number of nitrogens with one attached hydrogen (secondary N) is 1. The lowest BCUT2D eigenvalue weighted by atomic mass is 10.1. The fourth-order valence-electron chi connectivity index (χ4n) is 3.39. The zero-order valence-corrected chi connectivity index (χ0v) is 19.3. The number of aromatic nitrogens is 3. The number of anilines is 1. The van der Waals surface area contributed by atoms with Crippen LogP contribution in [0.2, 0.25) is 0 Å². The van der Waals surface area contributed by atoms with E-state index in [1.807, 2.05) is 0 Å². The first-order valence-electron chi connectivity index (χ1n) is 10.6. The molecule has 0 aliphatic heterocycles. The molecule has 0 aliphatic carbocycles. The molecule has 1 N–H and O–H groups in total. The summed E-state index contributed by atoms with van der Waals surface area (Å²) in [5.74, 6) is 0.870. The molecule has 4 rings (SSSR count). The number of ether oxygens (including phenoxy) is 2. The number of nitrogens with zero attached hydrogens (tertiary/aromatic N) is 3. The summed E-state index contributed by atoms with van der Waals surface area (Å²) in [4.78, 5) is 41.2. The number of benzene rings is 2. The van der Waals surface area contributed by atoms with Crippen LogP contribution in [0, 0.1) is 0 Å². The predicted molar refractivity (Wildman–Crippen MR) is 128 cm³/mol. The van der Waals surface area contributed by atoms with Crippen molar-refractivity contribution in [1.29, 1.82) is 0 Å². The second-order valence-corrected chi connectivity index (χ2v) is 7.53. The third-order valence-electron chi connectivity index (χ3n) is 5.21. The van der Waals surface area contributed by atoms with Gasteiger partial charge in [-0.2, -0.15) is 4.98 Å². The van der Waals surface area contributed by atoms with E-state index in [1.165, 1.54) is 31.9 Å². The van der Waals surface area contributed by atoms with Crippen molar-refractivity contribution in [2.75, 3.05) is 19.5 Å². The molecule has 0 unspecified atom stereocenters. The number of ketones is 1. The van der Waals surface area contributed by atoms with Gasteiger partial charge in [-0.1, -0.05) is 5.16 Å². The second-order valence-electron chi connectivity index (χ2n) is 7.53. The Bertz CT molecular complexity index is 1440. The summed E-state index contributed by atoms with van der Waals surface area (Å²) >= 11 is 0. The first-order chi connectivity index (χ1) is 16.9. The SMILES string of the molecule is COc1ccc(-c2noc(-c3cccn(CC(=O)Nc4ccc(C(C)=O)cc4)c3=O)n2)cc1OC. The summed E-state index contributed by atoms with van der Waals surface area (Å²) in [7, 11) is 3.06. The van der Waals surface area contributed by atoms with Crippen molar-refractivity contribution in [2.24, 2.45) is 0 Å². The summed E-state index contributed by atoms with van der Waals surface area (Å²) < 4.78 is 17.1. The Morgan fingerprint density at radius 1 is 1.03 bits per heavy atom. The molecule has 1 amide bonds. The van der Waals surface area contributed by atoms with Gasteiger partial charge in [0, 0.05) is 23.0 Å². The van der Waals surface area contributed by atoms with Gasteiger partial charge in [-0.3, -0.25) is 14.4 Å². The van der Waals surface area contributed by atoms with Gasteiger partial charge in [-0.15, -0.1) is 0 Å². The van der Waals surface area contributed by atoms with E-state index in [0.29, 0.717) is 28.3 Å². The van der Waals surface area contributed by atoms with Gasteiger partial charge < -0.3 is 23.9 Å². The molecular formula is C25H22N4O6. The molecule has 10 heteroatoms. The third kappa shape index (κ3) is 5.11. The maximum Gasteiger partial charge on any atom is 0.263 e. The highest BCUT2D eigenvalue weighted by Gasteiger charge is 2.17. The maximum atomic E-state index is 13.0. The molecule has 35 heavy (non-hydrogen) atoms. The maximum absolute atomic E-state index is 13.0. The molecule has 2 aromatic carbocycles. The number of amides is 1. The summed E-state index contributed by atoms with van der Waals surface area (Å²) in [6, 6.07) is 14.8. The van der Waals surface area contributed by atoms with Crippen molar-refractivity contribution in [1.82, 2.24) is 14.7 Å². The van der Waals surface area contributed by atoms with Crippen LogP contribution in [0.4, 0.5) is 5.69 Å². The summed E-state index contributed by atoms with van der Waals surface area (Å²) in [6.07, 6.45) is 1.50. The number of hydrogen-bond donors (Lipinski definition) is 1. The fourth-order valence-corrected chi connectivity index (χ4v) is 3.39. The Labute approximate surface area is 200 Å². The van der Waals surface area contributed by atoms with Gasteiger partial charge >= 0.3 is 0 Å². The summed E-state index contributed by atoms with van der Waals surface area (Å²) in [5, 5.41) is 6.67. The summed E-state index contributed by atoms with van der Waals surface area (Å²) in [5.41, 5.74) is 1.37. The Hall–Kier alpha value is -4.73. The number of Topliss-reactive ketones (excluding diaryl/α,β-unsaturated/α-hetero) is 1. The Morgan fingerprint density at radius 2 is 1.77 bits per heavy atom. The molecule has 0 bridgehead atoms. The highest BCUT2D eigenvalue weighted by molar-refractivity contribution is 5.95. The molecule has 0 spiro atoms. The molecule has 0 saturated carbocycles. The Morgan fingerprint density at radius 3 is 2.46 bits per heavy atom. The van der Waals surface area contributed by atoms with Gasteiger partial charge in [0.1, 0.15) is 12.1 Å². The molecule has 0 saturated heterocycles. The Balaban J connectivity index is 1.53. The van der Waals surface area contributed by atoms with Gasteiger partial charge in [0.2, 0.25) is 11.7 Å². The minimum Gasteiger partial charge on any atom is -0.493 e. The molecular weight excluding hydrogens is 452 g/mol. The average Bonchev–Trinajstić information content (AvgIpc) is 3.35. The van der Waals surface area contributed by atoms with E-state index in [-0.39, 0.29) is 29.6 Å². The molecule has 2 aromatic heterocycles. The van der Waals surface area contributed by atoms with Crippen LogP contribution in [0.1, 0.15) is 17.3 Å². The van der Waals surface area contributed by atoms with E-state index in [4.69, 9.17) is 14.0 Å². The number of carbonyl (C=O) groups excluding carboxylic acids is 2. The molecule has 0 atom stereocenters. The van der Waals surface area contributed by atoms with Crippen LogP contribution in [0.25, 0.3) is 22.8 Å². The first kappa shape index (κ1) is 23.4. The third-order valence-corrected chi connectivity index (χ3v) is 5.21. The van der Waals surface area contributed by atoms with Crippen LogP contribution in [0.3, 0.4) is 0 Å². The molecule has 178 valence electrons. The van der Waals surface area contributed by atoms with Gasteiger partial charge in [0.25, 0.3) is 11.4 Å². The second kappa shape index (κ2) is 10.0. The van der Waals surface area contributed by atoms with E-state index < -0.39 is 11.5 Å². The van der Waals surface area contributed by atoms with Crippen molar-refractivity contribution in [2.45, 2.75) is 13.5 Å². The standard InChI is InChI=1S/C25H22N4O6/c1-15(30)16-6-9-18(10-7-16)26-22(31)14-29-12-4-5-19(25(29)32)24-27-23(28-35-24)17-8-11-20(33-2)21(13-17)34-3/h4-13H,14H2,1-3H3,(H,26,31). The highest BCUT2D eigenvalue weighted by atomic mass is 16.5. The first-order valence-corrected chi connectivity index (χ1v) is 10.6. The quantitative estimate of drug-likeness (QED) is 0.385. The molecule has 4 aromatic rings. The van der Waals surface area contributed by atoms with Gasteiger partial charge in [0.15, 0.2) is 17.3 Å². The van der Waals surface area contributed by atoms with Crippen LogP contribution in [-0.4, -0.2) is 40.6 Å². The number of rotatable bonds is 8. The average molecular weight is 474 g/mol. The van der Waals surface area contributed by atoms with Gasteiger partial charge in [0.05, 0.1) is 14.2 Å². The number of hydrogen-bond acceptors (Lipinski definition) is 8. The zero-order valence-electron chi connectivity index (χ0n) is 19.3. The normalized spacial score (nSPS) is 10.6. The Kier molecular flexibility index (Phi) is 6.72. The topological polar surface area (TPSA) is 126 Å². The summed E-state index contributed by atoms with van der Waals surface area (Å²) in [6.45, 7) is 1.24. The number of carbonyl (C=O) groups is 2. The van der Waals surface area contributed by atoms with Crippen molar-refractivity contribution in [3.8, 4) is 34.3 Å². The molecule has 0 aliphatic rings. The molecule has 0 radical (unpaired) electrons. The fraction of sp³-hybridized carbons (Fsp3) is 0.160.